The third-order valence-electron chi connectivity index (χ3n) is 2.52. The minimum atomic E-state index is -0.853. The van der Waals surface area contributed by atoms with E-state index < -0.39 is 11.9 Å². The fraction of sp³-hybridized carbons (Fsp3) is 0.417. The lowest BCUT2D eigenvalue weighted by molar-refractivity contribution is -0.140. The molecule has 4 heteroatoms. The van der Waals surface area contributed by atoms with Crippen LogP contribution < -0.4 is 5.32 Å². The van der Waals surface area contributed by atoms with Gasteiger partial charge in [0.15, 0.2) is 0 Å². The summed E-state index contributed by atoms with van der Waals surface area (Å²) in [6.45, 7) is 3.75. The lowest BCUT2D eigenvalue weighted by Crippen LogP contribution is -2.28. The van der Waals surface area contributed by atoms with Crippen LogP contribution in [0.15, 0.2) is 24.3 Å². The van der Waals surface area contributed by atoms with Crippen molar-refractivity contribution < 1.29 is 14.3 Å². The van der Waals surface area contributed by atoms with Crippen molar-refractivity contribution in [3.05, 3.63) is 35.6 Å². The van der Waals surface area contributed by atoms with Gasteiger partial charge in [-0.15, -0.1) is 0 Å². The normalized spacial score (nSPS) is 14.4. The number of hydrogen-bond donors (Lipinski definition) is 2. The molecule has 0 spiro atoms. The van der Waals surface area contributed by atoms with Gasteiger partial charge in [0, 0.05) is 18.2 Å². The number of aliphatic carboxylic acids is 1. The summed E-state index contributed by atoms with van der Waals surface area (Å²) in [5, 5.41) is 11.7. The van der Waals surface area contributed by atoms with Crippen LogP contribution in [0.4, 0.5) is 4.39 Å². The van der Waals surface area contributed by atoms with Gasteiger partial charge in [-0.1, -0.05) is 25.1 Å². The van der Waals surface area contributed by atoms with Crippen molar-refractivity contribution in [2.45, 2.75) is 19.9 Å². The molecule has 1 aromatic rings. The summed E-state index contributed by atoms with van der Waals surface area (Å²) in [7, 11) is 0. The number of carboxylic acid groups (broad SMARTS) is 1. The first kappa shape index (κ1) is 12.6. The molecule has 1 rings (SSSR count). The van der Waals surface area contributed by atoms with Crippen LogP contribution in [0.2, 0.25) is 0 Å². The van der Waals surface area contributed by atoms with Crippen LogP contribution in [0.25, 0.3) is 0 Å². The van der Waals surface area contributed by atoms with Crippen molar-refractivity contribution in [3.63, 3.8) is 0 Å². The quantitative estimate of drug-likeness (QED) is 0.807. The van der Waals surface area contributed by atoms with Crippen LogP contribution in [0.5, 0.6) is 0 Å². The smallest absolute Gasteiger partial charge is 0.307 e. The van der Waals surface area contributed by atoms with Gasteiger partial charge in [0.05, 0.1) is 5.92 Å². The van der Waals surface area contributed by atoms with Gasteiger partial charge in [0.2, 0.25) is 0 Å². The molecule has 16 heavy (non-hydrogen) atoms. The standard InChI is InChI=1S/C12H16FNO2/c1-8(12(15)16)7-14-9(2)10-5-3-4-6-11(10)13/h3-6,8-9,14H,7H2,1-2H3,(H,15,16). The first-order valence-electron chi connectivity index (χ1n) is 5.23. The van der Waals surface area contributed by atoms with E-state index in [1.54, 1.807) is 25.1 Å². The average molecular weight is 225 g/mol. The van der Waals surface area contributed by atoms with E-state index in [1.165, 1.54) is 6.07 Å². The third-order valence-corrected chi connectivity index (χ3v) is 2.52. The van der Waals surface area contributed by atoms with Crippen molar-refractivity contribution in [2.75, 3.05) is 6.54 Å². The molecule has 2 N–H and O–H groups in total. The summed E-state index contributed by atoms with van der Waals surface area (Å²) >= 11 is 0. The molecule has 0 fully saturated rings. The maximum absolute atomic E-state index is 13.4. The van der Waals surface area contributed by atoms with E-state index >= 15 is 0 Å². The molecule has 0 aromatic heterocycles. The van der Waals surface area contributed by atoms with Crippen LogP contribution in [0.1, 0.15) is 25.5 Å². The second-order valence-electron chi connectivity index (χ2n) is 3.89. The van der Waals surface area contributed by atoms with E-state index in [1.807, 2.05) is 6.92 Å². The van der Waals surface area contributed by atoms with Gasteiger partial charge >= 0.3 is 5.97 Å². The largest absolute Gasteiger partial charge is 0.481 e. The minimum absolute atomic E-state index is 0.192. The zero-order valence-electron chi connectivity index (χ0n) is 9.40. The van der Waals surface area contributed by atoms with Crippen LogP contribution in [-0.4, -0.2) is 17.6 Å². The van der Waals surface area contributed by atoms with Gasteiger partial charge in [0.25, 0.3) is 0 Å². The molecule has 1 aromatic carbocycles. The van der Waals surface area contributed by atoms with Crippen molar-refractivity contribution in [1.29, 1.82) is 0 Å². The number of carbonyl (C=O) groups is 1. The summed E-state index contributed by atoms with van der Waals surface area (Å²) in [6.07, 6.45) is 0. The first-order chi connectivity index (χ1) is 7.52. The predicted molar refractivity (Wildman–Crippen MR) is 59.6 cm³/mol. The number of hydrogen-bond acceptors (Lipinski definition) is 2. The zero-order chi connectivity index (χ0) is 12.1. The maximum Gasteiger partial charge on any atom is 0.307 e. The van der Waals surface area contributed by atoms with Crippen LogP contribution in [0.3, 0.4) is 0 Å². The zero-order valence-corrected chi connectivity index (χ0v) is 9.40. The Morgan fingerprint density at radius 2 is 2.06 bits per heavy atom. The molecule has 0 aliphatic rings. The molecule has 0 amide bonds. The number of benzene rings is 1. The van der Waals surface area contributed by atoms with Gasteiger partial charge in [-0.05, 0) is 13.0 Å². The number of rotatable bonds is 5. The Hall–Kier alpha value is -1.42. The van der Waals surface area contributed by atoms with Crippen molar-refractivity contribution in [2.24, 2.45) is 5.92 Å². The molecule has 0 heterocycles. The van der Waals surface area contributed by atoms with Crippen molar-refractivity contribution in [1.82, 2.24) is 5.32 Å². The van der Waals surface area contributed by atoms with Crippen molar-refractivity contribution in [3.8, 4) is 0 Å². The van der Waals surface area contributed by atoms with Gasteiger partial charge in [0.1, 0.15) is 5.82 Å². The van der Waals surface area contributed by atoms with Crippen molar-refractivity contribution >= 4 is 5.97 Å². The molecule has 3 nitrogen and oxygen atoms in total. The summed E-state index contributed by atoms with van der Waals surface area (Å²) in [6, 6.07) is 6.29. The SMILES string of the molecule is CC(CNC(C)c1ccccc1F)C(=O)O. The molecule has 0 bridgehead atoms. The molecular formula is C12H16FNO2. The molecule has 2 unspecified atom stereocenters. The summed E-state index contributed by atoms with van der Waals surface area (Å²) in [4.78, 5) is 10.6. The summed E-state index contributed by atoms with van der Waals surface area (Å²) in [5.74, 6) is -1.60. The molecule has 0 aliphatic carbocycles. The molecule has 0 radical (unpaired) electrons. The highest BCUT2D eigenvalue weighted by Gasteiger charge is 2.14. The molecular weight excluding hydrogens is 209 g/mol. The topological polar surface area (TPSA) is 49.3 Å². The molecule has 2 atom stereocenters. The molecule has 0 saturated heterocycles. The Labute approximate surface area is 94.3 Å². The number of nitrogens with one attached hydrogen (secondary N) is 1. The molecule has 88 valence electrons. The van der Waals surface area contributed by atoms with Crippen LogP contribution in [-0.2, 0) is 4.79 Å². The maximum atomic E-state index is 13.4. The lowest BCUT2D eigenvalue weighted by atomic mass is 10.1. The monoisotopic (exact) mass is 225 g/mol. The summed E-state index contributed by atoms with van der Waals surface area (Å²) in [5.41, 5.74) is 0.556. The highest BCUT2D eigenvalue weighted by Crippen LogP contribution is 2.16. The second kappa shape index (κ2) is 5.61. The Morgan fingerprint density at radius 1 is 1.44 bits per heavy atom. The Kier molecular flexibility index (Phi) is 4.43. The molecule has 0 aliphatic heterocycles. The Morgan fingerprint density at radius 3 is 2.62 bits per heavy atom. The van der Waals surface area contributed by atoms with E-state index in [0.717, 1.165) is 0 Å². The second-order valence-corrected chi connectivity index (χ2v) is 3.89. The Bertz CT molecular complexity index is 368. The lowest BCUT2D eigenvalue weighted by Gasteiger charge is -2.16. The van der Waals surface area contributed by atoms with Gasteiger partial charge in [-0.2, -0.15) is 0 Å². The van der Waals surface area contributed by atoms with Gasteiger partial charge in [-0.3, -0.25) is 4.79 Å². The fourth-order valence-corrected chi connectivity index (χ4v) is 1.38. The fourth-order valence-electron chi connectivity index (χ4n) is 1.38. The highest BCUT2D eigenvalue weighted by molar-refractivity contribution is 5.69. The first-order valence-corrected chi connectivity index (χ1v) is 5.23. The number of halogens is 1. The van der Waals surface area contributed by atoms with E-state index in [-0.39, 0.29) is 11.9 Å². The van der Waals surface area contributed by atoms with E-state index in [0.29, 0.717) is 12.1 Å². The minimum Gasteiger partial charge on any atom is -0.481 e. The predicted octanol–water partition coefficient (Wildman–Crippen LogP) is 2.20. The average Bonchev–Trinajstić information content (AvgIpc) is 2.25. The van der Waals surface area contributed by atoms with Crippen LogP contribution >= 0.6 is 0 Å². The molecule has 0 saturated carbocycles. The summed E-state index contributed by atoms with van der Waals surface area (Å²) < 4.78 is 13.4. The van der Waals surface area contributed by atoms with Gasteiger partial charge in [-0.25, -0.2) is 4.39 Å². The third kappa shape index (κ3) is 3.31. The van der Waals surface area contributed by atoms with E-state index in [9.17, 15) is 9.18 Å². The van der Waals surface area contributed by atoms with E-state index in [2.05, 4.69) is 5.32 Å². The van der Waals surface area contributed by atoms with Gasteiger partial charge < -0.3 is 10.4 Å². The van der Waals surface area contributed by atoms with E-state index in [4.69, 9.17) is 5.11 Å². The number of carboxylic acids is 1. The van der Waals surface area contributed by atoms with Crippen LogP contribution in [0, 0.1) is 11.7 Å². The Balaban J connectivity index is 2.56. The highest BCUT2D eigenvalue weighted by atomic mass is 19.1.